The van der Waals surface area contributed by atoms with E-state index in [2.05, 4.69) is 21.2 Å². The average molecular weight is 304 g/mol. The van der Waals surface area contributed by atoms with Crippen molar-refractivity contribution in [3.63, 3.8) is 0 Å². The van der Waals surface area contributed by atoms with E-state index in [4.69, 9.17) is 4.74 Å². The highest BCUT2D eigenvalue weighted by atomic mass is 79.9. The van der Waals surface area contributed by atoms with Crippen molar-refractivity contribution in [3.8, 4) is 5.75 Å². The van der Waals surface area contributed by atoms with Gasteiger partial charge in [0.1, 0.15) is 11.6 Å². The zero-order chi connectivity index (χ0) is 12.5. The largest absolute Gasteiger partial charge is 0.492 e. The number of unbranched alkanes of at least 4 members (excludes halogenated alkanes) is 3. The first-order chi connectivity index (χ1) is 8.24. The molecule has 2 nitrogen and oxygen atoms in total. The lowest BCUT2D eigenvalue weighted by atomic mass is 10.2. The van der Waals surface area contributed by atoms with Crippen molar-refractivity contribution < 1.29 is 9.13 Å². The Kier molecular flexibility index (Phi) is 7.21. The summed E-state index contributed by atoms with van der Waals surface area (Å²) in [6.45, 7) is 1.76. The molecule has 0 radical (unpaired) electrons. The Labute approximate surface area is 111 Å². The van der Waals surface area contributed by atoms with Crippen molar-refractivity contribution in [1.29, 1.82) is 0 Å². The molecule has 17 heavy (non-hydrogen) atoms. The van der Waals surface area contributed by atoms with E-state index in [1.165, 1.54) is 31.4 Å². The fourth-order valence-electron chi connectivity index (χ4n) is 1.53. The van der Waals surface area contributed by atoms with E-state index >= 15 is 0 Å². The maximum atomic E-state index is 12.8. The molecule has 0 aliphatic rings. The SMILES string of the molecule is CNCCCCCCOc1ccc(F)cc1Br. The minimum absolute atomic E-state index is 0.253. The van der Waals surface area contributed by atoms with Gasteiger partial charge in [0, 0.05) is 0 Å². The number of hydrogen-bond acceptors (Lipinski definition) is 2. The van der Waals surface area contributed by atoms with Crippen LogP contribution in [0, 0.1) is 5.82 Å². The second kappa shape index (κ2) is 8.48. The predicted octanol–water partition coefficient (Wildman–Crippen LogP) is 3.75. The van der Waals surface area contributed by atoms with Crippen LogP contribution in [0.2, 0.25) is 0 Å². The van der Waals surface area contributed by atoms with Gasteiger partial charge < -0.3 is 10.1 Å². The minimum Gasteiger partial charge on any atom is -0.492 e. The Hall–Kier alpha value is -0.610. The number of ether oxygens (including phenoxy) is 1. The van der Waals surface area contributed by atoms with Crippen LogP contribution in [0.4, 0.5) is 4.39 Å². The van der Waals surface area contributed by atoms with E-state index in [9.17, 15) is 4.39 Å². The lowest BCUT2D eigenvalue weighted by molar-refractivity contribution is 0.302. The highest BCUT2D eigenvalue weighted by Gasteiger charge is 2.01. The molecule has 0 aliphatic heterocycles. The van der Waals surface area contributed by atoms with Gasteiger partial charge in [-0.1, -0.05) is 12.8 Å². The normalized spacial score (nSPS) is 10.5. The molecule has 0 saturated carbocycles. The lowest BCUT2D eigenvalue weighted by Crippen LogP contribution is -2.07. The van der Waals surface area contributed by atoms with Gasteiger partial charge in [-0.3, -0.25) is 0 Å². The van der Waals surface area contributed by atoms with Gasteiger partial charge in [-0.15, -0.1) is 0 Å². The van der Waals surface area contributed by atoms with Crippen LogP contribution >= 0.6 is 15.9 Å². The summed E-state index contributed by atoms with van der Waals surface area (Å²) in [4.78, 5) is 0. The highest BCUT2D eigenvalue weighted by molar-refractivity contribution is 9.10. The first-order valence-electron chi connectivity index (χ1n) is 5.96. The van der Waals surface area contributed by atoms with Gasteiger partial charge in [-0.25, -0.2) is 4.39 Å². The fraction of sp³-hybridized carbons (Fsp3) is 0.538. The molecule has 4 heteroatoms. The molecule has 0 fully saturated rings. The topological polar surface area (TPSA) is 21.3 Å². The molecule has 0 heterocycles. The monoisotopic (exact) mass is 303 g/mol. The average Bonchev–Trinajstić information content (AvgIpc) is 2.30. The molecule has 1 aromatic carbocycles. The summed E-state index contributed by atoms with van der Waals surface area (Å²) in [7, 11) is 1.97. The van der Waals surface area contributed by atoms with Crippen molar-refractivity contribution in [1.82, 2.24) is 5.32 Å². The molecule has 1 aromatic rings. The van der Waals surface area contributed by atoms with Crippen LogP contribution in [0.1, 0.15) is 25.7 Å². The third kappa shape index (κ3) is 6.03. The van der Waals surface area contributed by atoms with E-state index < -0.39 is 0 Å². The maximum absolute atomic E-state index is 12.8. The van der Waals surface area contributed by atoms with Crippen molar-refractivity contribution in [2.24, 2.45) is 0 Å². The zero-order valence-electron chi connectivity index (χ0n) is 10.1. The standard InChI is InChI=1S/C13H19BrFNO/c1-16-8-4-2-3-5-9-17-13-7-6-11(15)10-12(13)14/h6-7,10,16H,2-5,8-9H2,1H3. The first kappa shape index (κ1) is 14.5. The van der Waals surface area contributed by atoms with Gasteiger partial charge in [0.25, 0.3) is 0 Å². The fourth-order valence-corrected chi connectivity index (χ4v) is 2.00. The molecule has 96 valence electrons. The molecule has 0 saturated heterocycles. The molecular weight excluding hydrogens is 285 g/mol. The third-order valence-corrected chi connectivity index (χ3v) is 3.09. The van der Waals surface area contributed by atoms with Gasteiger partial charge in [-0.2, -0.15) is 0 Å². The van der Waals surface area contributed by atoms with Gasteiger partial charge in [-0.05, 0) is 60.6 Å². The Bertz CT molecular complexity index is 333. The van der Waals surface area contributed by atoms with Gasteiger partial charge in [0.05, 0.1) is 11.1 Å². The van der Waals surface area contributed by atoms with Gasteiger partial charge in [0.15, 0.2) is 0 Å². The Morgan fingerprint density at radius 3 is 2.71 bits per heavy atom. The Balaban J connectivity index is 2.14. The second-order valence-corrected chi connectivity index (χ2v) is 4.80. The Morgan fingerprint density at radius 2 is 2.00 bits per heavy atom. The number of nitrogens with one attached hydrogen (secondary N) is 1. The van der Waals surface area contributed by atoms with Crippen LogP contribution in [0.25, 0.3) is 0 Å². The van der Waals surface area contributed by atoms with Crippen molar-refractivity contribution >= 4 is 15.9 Å². The number of rotatable bonds is 8. The van der Waals surface area contributed by atoms with Crippen LogP contribution in [0.5, 0.6) is 5.75 Å². The van der Waals surface area contributed by atoms with Crippen LogP contribution in [-0.2, 0) is 0 Å². The van der Waals surface area contributed by atoms with E-state index in [1.54, 1.807) is 6.07 Å². The first-order valence-corrected chi connectivity index (χ1v) is 6.76. The summed E-state index contributed by atoms with van der Waals surface area (Å²) in [5, 5.41) is 3.12. The summed E-state index contributed by atoms with van der Waals surface area (Å²) >= 11 is 3.28. The van der Waals surface area contributed by atoms with E-state index in [0.717, 1.165) is 13.0 Å². The third-order valence-electron chi connectivity index (χ3n) is 2.47. The maximum Gasteiger partial charge on any atom is 0.133 e. The predicted molar refractivity (Wildman–Crippen MR) is 72.0 cm³/mol. The smallest absolute Gasteiger partial charge is 0.133 e. The lowest BCUT2D eigenvalue weighted by Gasteiger charge is -2.08. The molecule has 0 aromatic heterocycles. The van der Waals surface area contributed by atoms with Crippen LogP contribution in [0.15, 0.2) is 22.7 Å². The summed E-state index contributed by atoms with van der Waals surface area (Å²) in [5.74, 6) is 0.456. The van der Waals surface area contributed by atoms with Crippen molar-refractivity contribution in [3.05, 3.63) is 28.5 Å². The van der Waals surface area contributed by atoms with Crippen LogP contribution in [-0.4, -0.2) is 20.2 Å². The molecule has 0 aliphatic carbocycles. The molecule has 0 atom stereocenters. The van der Waals surface area contributed by atoms with Crippen molar-refractivity contribution in [2.75, 3.05) is 20.2 Å². The quantitative estimate of drug-likeness (QED) is 0.739. The highest BCUT2D eigenvalue weighted by Crippen LogP contribution is 2.25. The van der Waals surface area contributed by atoms with Crippen LogP contribution in [0.3, 0.4) is 0 Å². The molecule has 0 bridgehead atoms. The van der Waals surface area contributed by atoms with Gasteiger partial charge in [0.2, 0.25) is 0 Å². The second-order valence-electron chi connectivity index (χ2n) is 3.94. The number of halogens is 2. The Morgan fingerprint density at radius 1 is 1.24 bits per heavy atom. The molecule has 0 unspecified atom stereocenters. The number of benzene rings is 1. The zero-order valence-corrected chi connectivity index (χ0v) is 11.7. The van der Waals surface area contributed by atoms with Crippen LogP contribution < -0.4 is 10.1 Å². The molecule has 1 rings (SSSR count). The summed E-state index contributed by atoms with van der Waals surface area (Å²) < 4.78 is 19.1. The van der Waals surface area contributed by atoms with Gasteiger partial charge >= 0.3 is 0 Å². The number of hydrogen-bond donors (Lipinski definition) is 1. The molecule has 1 N–H and O–H groups in total. The van der Waals surface area contributed by atoms with E-state index in [-0.39, 0.29) is 5.82 Å². The molecule has 0 spiro atoms. The minimum atomic E-state index is -0.253. The molecular formula is C13H19BrFNO. The van der Waals surface area contributed by atoms with E-state index in [0.29, 0.717) is 16.8 Å². The molecule has 0 amide bonds. The summed E-state index contributed by atoms with van der Waals surface area (Å²) in [6.07, 6.45) is 4.62. The van der Waals surface area contributed by atoms with E-state index in [1.807, 2.05) is 7.05 Å². The van der Waals surface area contributed by atoms with Crippen molar-refractivity contribution in [2.45, 2.75) is 25.7 Å². The summed E-state index contributed by atoms with van der Waals surface area (Å²) in [5.41, 5.74) is 0. The summed E-state index contributed by atoms with van der Waals surface area (Å²) in [6, 6.07) is 4.48.